The Balaban J connectivity index is 2.10. The van der Waals surface area contributed by atoms with Crippen molar-refractivity contribution in [1.82, 2.24) is 0 Å². The van der Waals surface area contributed by atoms with Crippen LogP contribution in [0.4, 0.5) is 5.69 Å². The Labute approximate surface area is 101 Å². The van der Waals surface area contributed by atoms with E-state index in [0.29, 0.717) is 0 Å². The van der Waals surface area contributed by atoms with Crippen LogP contribution in [0.2, 0.25) is 0 Å². The van der Waals surface area contributed by atoms with Crippen LogP contribution < -0.4 is 10.1 Å². The van der Waals surface area contributed by atoms with Gasteiger partial charge in [-0.05, 0) is 12.1 Å². The number of aliphatic hydroxyl groups is 1. The average molecular weight is 229 g/mol. The first-order chi connectivity index (χ1) is 8.29. The molecule has 0 heterocycles. The number of rotatable bonds is 4. The molecule has 88 valence electrons. The molecule has 2 aromatic rings. The molecule has 0 amide bonds. The maximum absolute atomic E-state index is 9.99. The lowest BCUT2D eigenvalue weighted by Gasteiger charge is -2.14. The minimum atomic E-state index is -0.719. The summed E-state index contributed by atoms with van der Waals surface area (Å²) in [5, 5.41) is 13.0. The molecule has 0 bridgehead atoms. The van der Waals surface area contributed by atoms with Gasteiger partial charge in [0.15, 0.2) is 6.23 Å². The average Bonchev–Trinajstić information content (AvgIpc) is 2.40. The highest BCUT2D eigenvalue weighted by molar-refractivity contribution is 5.49. The van der Waals surface area contributed by atoms with Crippen LogP contribution in [0, 0.1) is 0 Å². The summed E-state index contributed by atoms with van der Waals surface area (Å²) in [6.07, 6.45) is -0.719. The van der Waals surface area contributed by atoms with Gasteiger partial charge in [-0.3, -0.25) is 0 Å². The number of ether oxygens (including phenoxy) is 1. The molecule has 0 aliphatic rings. The second-order valence-electron chi connectivity index (χ2n) is 3.69. The second-order valence-corrected chi connectivity index (χ2v) is 3.69. The second kappa shape index (κ2) is 5.37. The molecule has 2 N–H and O–H groups in total. The third-order valence-electron chi connectivity index (χ3n) is 2.49. The smallest absolute Gasteiger partial charge is 0.150 e. The first kappa shape index (κ1) is 11.5. The van der Waals surface area contributed by atoms with Crippen LogP contribution >= 0.6 is 0 Å². The van der Waals surface area contributed by atoms with E-state index < -0.39 is 6.23 Å². The van der Waals surface area contributed by atoms with E-state index in [-0.39, 0.29) is 0 Å². The first-order valence-electron chi connectivity index (χ1n) is 5.43. The van der Waals surface area contributed by atoms with Gasteiger partial charge in [-0.25, -0.2) is 0 Å². The Morgan fingerprint density at radius 1 is 1.06 bits per heavy atom. The molecule has 0 aliphatic carbocycles. The molecule has 0 spiro atoms. The fraction of sp³-hybridized carbons (Fsp3) is 0.143. The van der Waals surface area contributed by atoms with E-state index in [1.807, 2.05) is 54.6 Å². The lowest BCUT2D eigenvalue weighted by atomic mass is 10.2. The van der Waals surface area contributed by atoms with E-state index in [4.69, 9.17) is 4.74 Å². The summed E-state index contributed by atoms with van der Waals surface area (Å²) in [5.41, 5.74) is 1.65. The number of methoxy groups -OCH3 is 1. The van der Waals surface area contributed by atoms with Crippen LogP contribution in [0.5, 0.6) is 5.75 Å². The van der Waals surface area contributed by atoms with E-state index in [1.165, 1.54) is 0 Å². The van der Waals surface area contributed by atoms with Crippen molar-refractivity contribution in [2.45, 2.75) is 6.23 Å². The molecule has 0 aromatic heterocycles. The van der Waals surface area contributed by atoms with Crippen LogP contribution in [0.1, 0.15) is 11.8 Å². The molecule has 17 heavy (non-hydrogen) atoms. The zero-order valence-electron chi connectivity index (χ0n) is 9.63. The molecule has 0 saturated heterocycles. The van der Waals surface area contributed by atoms with Crippen molar-refractivity contribution in [1.29, 1.82) is 0 Å². The fourth-order valence-electron chi connectivity index (χ4n) is 1.59. The summed E-state index contributed by atoms with van der Waals surface area (Å²) in [6.45, 7) is 0. The topological polar surface area (TPSA) is 41.5 Å². The molecule has 1 atom stereocenters. The highest BCUT2D eigenvalue weighted by Gasteiger charge is 2.06. The minimum absolute atomic E-state index is 0.719. The number of anilines is 1. The van der Waals surface area contributed by atoms with Gasteiger partial charge in [0.1, 0.15) is 5.75 Å². The van der Waals surface area contributed by atoms with Crippen LogP contribution in [0.25, 0.3) is 0 Å². The van der Waals surface area contributed by atoms with E-state index in [0.717, 1.165) is 17.0 Å². The van der Waals surface area contributed by atoms with Crippen molar-refractivity contribution >= 4 is 5.69 Å². The fourth-order valence-corrected chi connectivity index (χ4v) is 1.59. The number of benzene rings is 2. The van der Waals surface area contributed by atoms with Gasteiger partial charge < -0.3 is 15.2 Å². The highest BCUT2D eigenvalue weighted by atomic mass is 16.5. The van der Waals surface area contributed by atoms with Crippen molar-refractivity contribution in [3.63, 3.8) is 0 Å². The van der Waals surface area contributed by atoms with Crippen molar-refractivity contribution in [2.24, 2.45) is 0 Å². The Bertz CT molecular complexity index is 471. The number of hydrogen-bond acceptors (Lipinski definition) is 3. The van der Waals surface area contributed by atoms with Gasteiger partial charge in [0.25, 0.3) is 0 Å². The quantitative estimate of drug-likeness (QED) is 0.792. The summed E-state index contributed by atoms with van der Waals surface area (Å²) in [6, 6.07) is 16.9. The van der Waals surface area contributed by atoms with Crippen molar-refractivity contribution in [3.8, 4) is 5.75 Å². The molecule has 2 rings (SSSR count). The SMILES string of the molecule is COc1cccc(NC(O)c2ccccc2)c1. The van der Waals surface area contributed by atoms with Gasteiger partial charge in [0.05, 0.1) is 7.11 Å². The van der Waals surface area contributed by atoms with Crippen molar-refractivity contribution in [2.75, 3.05) is 12.4 Å². The molecule has 1 unspecified atom stereocenters. The van der Waals surface area contributed by atoms with Crippen LogP contribution in [-0.2, 0) is 0 Å². The van der Waals surface area contributed by atoms with Crippen molar-refractivity contribution in [3.05, 3.63) is 60.2 Å². The van der Waals surface area contributed by atoms with E-state index in [9.17, 15) is 5.11 Å². The summed E-state index contributed by atoms with van der Waals surface area (Å²) in [5.74, 6) is 0.760. The van der Waals surface area contributed by atoms with Crippen LogP contribution in [-0.4, -0.2) is 12.2 Å². The van der Waals surface area contributed by atoms with E-state index in [1.54, 1.807) is 7.11 Å². The monoisotopic (exact) mass is 229 g/mol. The Morgan fingerprint density at radius 3 is 2.53 bits per heavy atom. The molecule has 3 nitrogen and oxygen atoms in total. The summed E-state index contributed by atoms with van der Waals surface area (Å²) in [4.78, 5) is 0. The third-order valence-corrected chi connectivity index (χ3v) is 2.49. The van der Waals surface area contributed by atoms with Crippen molar-refractivity contribution < 1.29 is 9.84 Å². The van der Waals surface area contributed by atoms with Gasteiger partial charge in [-0.2, -0.15) is 0 Å². The van der Waals surface area contributed by atoms with E-state index >= 15 is 0 Å². The molecule has 0 aliphatic heterocycles. The number of hydrogen-bond donors (Lipinski definition) is 2. The number of nitrogens with one attached hydrogen (secondary N) is 1. The first-order valence-corrected chi connectivity index (χ1v) is 5.43. The van der Waals surface area contributed by atoms with E-state index in [2.05, 4.69) is 5.32 Å². The molecular weight excluding hydrogens is 214 g/mol. The molecule has 0 radical (unpaired) electrons. The number of aliphatic hydroxyl groups excluding tert-OH is 1. The molecule has 2 aromatic carbocycles. The van der Waals surface area contributed by atoms with Gasteiger partial charge in [0.2, 0.25) is 0 Å². The lowest BCUT2D eigenvalue weighted by molar-refractivity contribution is 0.208. The Hall–Kier alpha value is -2.00. The Morgan fingerprint density at radius 2 is 1.82 bits per heavy atom. The Kier molecular flexibility index (Phi) is 3.62. The van der Waals surface area contributed by atoms with Gasteiger partial charge in [-0.1, -0.05) is 36.4 Å². The van der Waals surface area contributed by atoms with Gasteiger partial charge in [0, 0.05) is 17.3 Å². The molecular formula is C14H15NO2. The van der Waals surface area contributed by atoms with Gasteiger partial charge >= 0.3 is 0 Å². The highest BCUT2D eigenvalue weighted by Crippen LogP contribution is 2.21. The maximum atomic E-state index is 9.99. The van der Waals surface area contributed by atoms with Crippen LogP contribution in [0.3, 0.4) is 0 Å². The standard InChI is InChI=1S/C14H15NO2/c1-17-13-9-5-8-12(10-13)15-14(16)11-6-3-2-4-7-11/h2-10,14-16H,1H3. The van der Waals surface area contributed by atoms with Crippen LogP contribution in [0.15, 0.2) is 54.6 Å². The largest absolute Gasteiger partial charge is 0.497 e. The normalized spacial score (nSPS) is 11.9. The van der Waals surface area contributed by atoms with Gasteiger partial charge in [-0.15, -0.1) is 0 Å². The zero-order chi connectivity index (χ0) is 12.1. The molecule has 0 fully saturated rings. The molecule has 0 saturated carbocycles. The lowest BCUT2D eigenvalue weighted by Crippen LogP contribution is -2.09. The predicted octanol–water partition coefficient (Wildman–Crippen LogP) is 2.80. The summed E-state index contributed by atoms with van der Waals surface area (Å²) >= 11 is 0. The third kappa shape index (κ3) is 2.98. The zero-order valence-corrected chi connectivity index (χ0v) is 9.63. The summed E-state index contributed by atoms with van der Waals surface area (Å²) < 4.78 is 5.12. The minimum Gasteiger partial charge on any atom is -0.497 e. The molecule has 3 heteroatoms. The summed E-state index contributed by atoms with van der Waals surface area (Å²) in [7, 11) is 1.62. The predicted molar refractivity (Wildman–Crippen MR) is 68.0 cm³/mol. The maximum Gasteiger partial charge on any atom is 0.150 e.